The molecule has 3 heterocycles. The van der Waals surface area contributed by atoms with E-state index in [0.29, 0.717) is 0 Å². The topological polar surface area (TPSA) is 279 Å². The Hall–Kier alpha value is -1.52. The van der Waals surface area contributed by atoms with Gasteiger partial charge in [0.2, 0.25) is 5.95 Å². The summed E-state index contributed by atoms with van der Waals surface area (Å²) in [6.45, 7) is -0.843. The smallest absolute Gasteiger partial charge is 0.390 e. The normalized spacial score (nSPS) is 26.0. The molecule has 1 fully saturated rings. The molecule has 2 aromatic rings. The minimum absolute atomic E-state index is 0.0481. The molecule has 5 atom stereocenters. The van der Waals surface area contributed by atoms with Crippen LogP contribution in [-0.2, 0) is 31.6 Å². The van der Waals surface area contributed by atoms with E-state index < -0.39 is 54.1 Å². The number of anilines is 1. The summed E-state index contributed by atoms with van der Waals surface area (Å²) < 4.78 is 52.1. The minimum atomic E-state index is -5.67. The lowest BCUT2D eigenvalue weighted by molar-refractivity contribution is -0.0423. The number of aliphatic hydroxyl groups excluding tert-OH is 1. The highest BCUT2D eigenvalue weighted by Gasteiger charge is 2.43. The van der Waals surface area contributed by atoms with Gasteiger partial charge in [0.05, 0.1) is 19.0 Å². The van der Waals surface area contributed by atoms with E-state index in [1.807, 2.05) is 0 Å². The first-order valence-corrected chi connectivity index (χ1v) is 12.5. The minimum Gasteiger partial charge on any atom is -0.390 e. The van der Waals surface area contributed by atoms with Crippen molar-refractivity contribution in [3.05, 3.63) is 16.7 Å². The van der Waals surface area contributed by atoms with Gasteiger partial charge in [-0.1, -0.05) is 0 Å². The van der Waals surface area contributed by atoms with Gasteiger partial charge in [0.1, 0.15) is 12.3 Å². The summed E-state index contributed by atoms with van der Waals surface area (Å²) in [6, 6.07) is 0. The van der Waals surface area contributed by atoms with Crippen molar-refractivity contribution in [3.63, 3.8) is 0 Å². The van der Waals surface area contributed by atoms with Gasteiger partial charge in [0, 0.05) is 6.42 Å². The molecule has 18 nitrogen and oxygen atoms in total. The fraction of sp³-hybridized carbons (Fsp3) is 0.500. The van der Waals surface area contributed by atoms with E-state index in [2.05, 4.69) is 28.1 Å². The number of nitrogens with zero attached hydrogens (tertiary/aromatic N) is 3. The van der Waals surface area contributed by atoms with Crippen molar-refractivity contribution >= 4 is 40.6 Å². The molecule has 0 aliphatic carbocycles. The van der Waals surface area contributed by atoms with E-state index in [4.69, 9.17) is 25.2 Å². The van der Waals surface area contributed by atoms with Crippen LogP contribution in [0.4, 0.5) is 5.95 Å². The van der Waals surface area contributed by atoms with E-state index in [9.17, 15) is 28.5 Å². The highest BCUT2D eigenvalue weighted by atomic mass is 31.3. The molecule has 31 heavy (non-hydrogen) atoms. The largest absolute Gasteiger partial charge is 0.490 e. The Morgan fingerprint density at radius 2 is 1.90 bits per heavy atom. The number of aromatic nitrogens is 4. The van der Waals surface area contributed by atoms with Crippen LogP contribution in [0.1, 0.15) is 12.6 Å². The number of fused-ring (bicyclic) bond motifs is 1. The van der Waals surface area contributed by atoms with Crippen LogP contribution < -0.4 is 11.3 Å². The molecule has 0 amide bonds. The molecule has 3 unspecified atom stereocenters. The molecule has 0 spiro atoms. The molecule has 0 radical (unpaired) electrons. The van der Waals surface area contributed by atoms with Gasteiger partial charge in [0.15, 0.2) is 11.2 Å². The Bertz CT molecular complexity index is 1170. The van der Waals surface area contributed by atoms with Gasteiger partial charge in [0.25, 0.3) is 5.56 Å². The van der Waals surface area contributed by atoms with Crippen molar-refractivity contribution in [1.29, 1.82) is 0 Å². The number of nitrogen functional groups attached to an aromatic ring is 1. The number of aromatic amines is 1. The second kappa shape index (κ2) is 8.44. The van der Waals surface area contributed by atoms with Gasteiger partial charge >= 0.3 is 23.5 Å². The van der Waals surface area contributed by atoms with Crippen molar-refractivity contribution in [2.24, 2.45) is 0 Å². The molecule has 2 aromatic heterocycles. The van der Waals surface area contributed by atoms with E-state index in [-0.39, 0.29) is 23.5 Å². The number of imidazole rings is 1. The Morgan fingerprint density at radius 3 is 2.55 bits per heavy atom. The van der Waals surface area contributed by atoms with Gasteiger partial charge in [-0.15, -0.1) is 0 Å². The summed E-state index contributed by atoms with van der Waals surface area (Å²) in [4.78, 5) is 57.5. The van der Waals surface area contributed by atoms with Crippen LogP contribution in [-0.4, -0.2) is 63.0 Å². The zero-order valence-electron chi connectivity index (χ0n) is 15.0. The first-order chi connectivity index (χ1) is 14.2. The number of H-pyrrole nitrogens is 1. The first kappa shape index (κ1) is 24.1. The van der Waals surface area contributed by atoms with Crippen LogP contribution in [0.2, 0.25) is 0 Å². The molecular weight excluding hydrogens is 491 g/mol. The second-order valence-corrected chi connectivity index (χ2v) is 10.5. The summed E-state index contributed by atoms with van der Waals surface area (Å²) >= 11 is 0. The highest BCUT2D eigenvalue weighted by Crippen LogP contribution is 2.66. The maximum atomic E-state index is 11.8. The molecule has 1 aliphatic heterocycles. The Kier molecular flexibility index (Phi) is 6.57. The predicted molar refractivity (Wildman–Crippen MR) is 96.9 cm³/mol. The zero-order valence-corrected chi connectivity index (χ0v) is 17.7. The summed E-state index contributed by atoms with van der Waals surface area (Å²) in [7, 11) is -16.6. The third-order valence-electron chi connectivity index (χ3n) is 3.78. The number of rotatable bonds is 8. The molecular formula is C10H16N5O13P3. The molecule has 1 aliphatic rings. The van der Waals surface area contributed by atoms with Gasteiger partial charge in [-0.3, -0.25) is 18.9 Å². The average Bonchev–Trinajstić information content (AvgIpc) is 3.13. The molecule has 3 rings (SSSR count). The van der Waals surface area contributed by atoms with Crippen molar-refractivity contribution in [2.75, 3.05) is 12.3 Å². The first-order valence-electron chi connectivity index (χ1n) is 8.00. The third-order valence-corrected chi connectivity index (χ3v) is 7.59. The summed E-state index contributed by atoms with van der Waals surface area (Å²) in [5.74, 6) is -0.193. The van der Waals surface area contributed by atoms with E-state index in [0.717, 1.165) is 0 Å². The molecule has 1 saturated heterocycles. The van der Waals surface area contributed by atoms with Crippen molar-refractivity contribution in [2.45, 2.75) is 24.9 Å². The summed E-state index contributed by atoms with van der Waals surface area (Å²) in [5, 5.41) is 10.1. The molecule has 0 bridgehead atoms. The fourth-order valence-corrected chi connectivity index (χ4v) is 5.69. The Balaban J connectivity index is 1.67. The van der Waals surface area contributed by atoms with Crippen LogP contribution in [0.15, 0.2) is 11.1 Å². The molecule has 8 N–H and O–H groups in total. The van der Waals surface area contributed by atoms with E-state index in [1.54, 1.807) is 0 Å². The van der Waals surface area contributed by atoms with Crippen molar-refractivity contribution < 1.29 is 56.3 Å². The van der Waals surface area contributed by atoms with Gasteiger partial charge in [-0.2, -0.15) is 13.6 Å². The predicted octanol–water partition coefficient (Wildman–Crippen LogP) is -1.31. The maximum absolute atomic E-state index is 11.8. The maximum Gasteiger partial charge on any atom is 0.490 e. The number of nitrogens with one attached hydrogen (secondary N) is 1. The van der Waals surface area contributed by atoms with Crippen LogP contribution in [0, 0.1) is 0 Å². The number of aliphatic hydroxyl groups is 1. The van der Waals surface area contributed by atoms with E-state index in [1.165, 1.54) is 10.9 Å². The third kappa shape index (κ3) is 6.04. The van der Waals surface area contributed by atoms with Gasteiger partial charge in [-0.05, 0) is 0 Å². The summed E-state index contributed by atoms with van der Waals surface area (Å²) in [6.07, 6.45) is -2.36. The molecule has 174 valence electrons. The van der Waals surface area contributed by atoms with Crippen molar-refractivity contribution in [1.82, 2.24) is 19.5 Å². The molecule has 0 aromatic carbocycles. The monoisotopic (exact) mass is 507 g/mol. The highest BCUT2D eigenvalue weighted by molar-refractivity contribution is 7.66. The Labute approximate surface area is 171 Å². The van der Waals surface area contributed by atoms with Crippen LogP contribution in [0.25, 0.3) is 11.2 Å². The van der Waals surface area contributed by atoms with Gasteiger partial charge in [-0.25, -0.2) is 18.7 Å². The number of phosphoric ester groups is 1. The van der Waals surface area contributed by atoms with Gasteiger partial charge < -0.3 is 35.2 Å². The molecule has 21 heteroatoms. The quantitative estimate of drug-likeness (QED) is 0.204. The number of hydrogen-bond donors (Lipinski definition) is 7. The number of hydrogen-bond acceptors (Lipinski definition) is 12. The lowest BCUT2D eigenvalue weighted by atomic mass is 10.2. The number of ether oxygens (including phenoxy) is 1. The molecule has 0 saturated carbocycles. The van der Waals surface area contributed by atoms with Crippen molar-refractivity contribution in [3.8, 4) is 0 Å². The lowest BCUT2D eigenvalue weighted by Gasteiger charge is -2.19. The van der Waals surface area contributed by atoms with E-state index >= 15 is 0 Å². The zero-order chi connectivity index (χ0) is 23.2. The summed E-state index contributed by atoms with van der Waals surface area (Å²) in [5.41, 5.74) is 4.89. The lowest BCUT2D eigenvalue weighted by Crippen LogP contribution is -2.26. The fourth-order valence-electron chi connectivity index (χ4n) is 2.66. The second-order valence-electron chi connectivity index (χ2n) is 6.09. The standard InChI is InChI=1S/C10H16N5O13P3/c11-10-13-8-7(9(17)14-10)12-3-15(8)6-1-4(16)5(26-6)2-25-30(21,22)28-31(23,24)27-29(18,19)20/h3-6,16H,1-2H2,(H,21,22)(H,23,24)(H2,18,19,20)(H3,11,13,14,17)/t4-,5?,6+/m0/s1. The van der Waals surface area contributed by atoms with Crippen LogP contribution in [0.5, 0.6) is 0 Å². The van der Waals surface area contributed by atoms with Crippen LogP contribution in [0.3, 0.4) is 0 Å². The number of phosphoric acid groups is 3. The number of nitrogens with two attached hydrogens (primary N) is 1. The van der Waals surface area contributed by atoms with Crippen LogP contribution >= 0.6 is 23.5 Å². The Morgan fingerprint density at radius 1 is 1.23 bits per heavy atom. The SMILES string of the molecule is Nc1nc2c(ncn2[C@H]2C[C@H](O)C(COP(=O)(O)OP(=O)(O)OP(=O)(O)O)O2)c(=O)[nH]1. The average molecular weight is 507 g/mol.